The molecule has 1 N–H and O–H groups in total. The van der Waals surface area contributed by atoms with Crippen molar-refractivity contribution >= 4 is 40.9 Å². The summed E-state index contributed by atoms with van der Waals surface area (Å²) in [7, 11) is 1.58. The van der Waals surface area contributed by atoms with E-state index >= 15 is 0 Å². The minimum atomic E-state index is -0.509. The molecule has 27 heavy (non-hydrogen) atoms. The summed E-state index contributed by atoms with van der Waals surface area (Å²) in [4.78, 5) is 26.8. The predicted molar refractivity (Wildman–Crippen MR) is 110 cm³/mol. The van der Waals surface area contributed by atoms with E-state index in [1.54, 1.807) is 19.3 Å². The lowest BCUT2D eigenvalue weighted by Gasteiger charge is -2.29. The van der Waals surface area contributed by atoms with Gasteiger partial charge >= 0.3 is 0 Å². The third kappa shape index (κ3) is 3.75. The fraction of sp³-hybridized carbons (Fsp3) is 0.190. The highest BCUT2D eigenvalue weighted by atomic mass is 32.1. The lowest BCUT2D eigenvalue weighted by molar-refractivity contribution is -0.122. The Morgan fingerprint density at radius 3 is 2.33 bits per heavy atom. The lowest BCUT2D eigenvalue weighted by atomic mass is 10.0. The maximum atomic E-state index is 13.1. The van der Waals surface area contributed by atoms with Gasteiger partial charge < -0.3 is 4.74 Å². The first-order chi connectivity index (χ1) is 12.8. The van der Waals surface area contributed by atoms with E-state index < -0.39 is 11.8 Å². The molecule has 1 saturated heterocycles. The summed E-state index contributed by atoms with van der Waals surface area (Å²) in [5.74, 6) is -0.270. The molecule has 6 heteroatoms. The molecular weight excluding hydrogens is 360 g/mol. The molecule has 1 aliphatic rings. The van der Waals surface area contributed by atoms with E-state index in [4.69, 9.17) is 17.0 Å². The summed E-state index contributed by atoms with van der Waals surface area (Å²) in [5.41, 5.74) is 4.34. The van der Waals surface area contributed by atoms with Crippen LogP contribution >= 0.6 is 12.2 Å². The molecular formula is C21H20N2O3S. The van der Waals surface area contributed by atoms with Gasteiger partial charge in [0, 0.05) is 0 Å². The maximum Gasteiger partial charge on any atom is 0.270 e. The molecule has 0 aliphatic carbocycles. The number of nitrogens with one attached hydrogen (secondary N) is 1. The summed E-state index contributed by atoms with van der Waals surface area (Å²) in [6.07, 6.45) is 1.55. The van der Waals surface area contributed by atoms with Crippen LogP contribution in [0.3, 0.4) is 0 Å². The fourth-order valence-corrected chi connectivity index (χ4v) is 3.35. The van der Waals surface area contributed by atoms with Gasteiger partial charge in [0.05, 0.1) is 12.8 Å². The van der Waals surface area contributed by atoms with Crippen molar-refractivity contribution in [1.29, 1.82) is 0 Å². The van der Waals surface area contributed by atoms with Gasteiger partial charge in [-0.15, -0.1) is 0 Å². The second kappa shape index (κ2) is 7.32. The maximum absolute atomic E-state index is 13.1. The van der Waals surface area contributed by atoms with Crippen molar-refractivity contribution in [1.82, 2.24) is 5.32 Å². The Morgan fingerprint density at radius 1 is 1.04 bits per heavy atom. The topological polar surface area (TPSA) is 58.6 Å². The minimum absolute atomic E-state index is 0.0219. The summed E-state index contributed by atoms with van der Waals surface area (Å²) < 4.78 is 5.32. The summed E-state index contributed by atoms with van der Waals surface area (Å²) in [6.45, 7) is 5.82. The molecule has 1 heterocycles. The highest BCUT2D eigenvalue weighted by Crippen LogP contribution is 2.26. The highest BCUT2D eigenvalue weighted by molar-refractivity contribution is 7.80. The number of methoxy groups -OCH3 is 1. The van der Waals surface area contributed by atoms with E-state index in [1.165, 1.54) is 4.90 Å². The molecule has 0 unspecified atom stereocenters. The van der Waals surface area contributed by atoms with Gasteiger partial charge in [0.25, 0.3) is 11.8 Å². The predicted octanol–water partition coefficient (Wildman–Crippen LogP) is 3.45. The third-order valence-corrected chi connectivity index (χ3v) is 4.59. The van der Waals surface area contributed by atoms with Gasteiger partial charge in [-0.1, -0.05) is 18.2 Å². The Labute approximate surface area is 163 Å². The summed E-state index contributed by atoms with van der Waals surface area (Å²) in [5, 5.41) is 2.68. The first-order valence-electron chi connectivity index (χ1n) is 8.44. The van der Waals surface area contributed by atoms with Crippen LogP contribution in [0.25, 0.3) is 6.08 Å². The van der Waals surface area contributed by atoms with Crippen LogP contribution in [0.2, 0.25) is 0 Å². The first kappa shape index (κ1) is 18.8. The van der Waals surface area contributed by atoms with Gasteiger partial charge in [-0.25, -0.2) is 0 Å². The first-order valence-corrected chi connectivity index (χ1v) is 8.85. The molecule has 138 valence electrons. The Hall–Kier alpha value is -2.99. The van der Waals surface area contributed by atoms with Crippen LogP contribution in [0.4, 0.5) is 5.69 Å². The number of anilines is 1. The van der Waals surface area contributed by atoms with E-state index in [0.717, 1.165) is 16.7 Å². The van der Waals surface area contributed by atoms with E-state index in [0.29, 0.717) is 17.0 Å². The molecule has 3 rings (SSSR count). The van der Waals surface area contributed by atoms with Crippen LogP contribution in [-0.2, 0) is 9.59 Å². The van der Waals surface area contributed by atoms with Crippen molar-refractivity contribution in [3.05, 3.63) is 64.2 Å². The number of ether oxygens (including phenoxy) is 1. The van der Waals surface area contributed by atoms with E-state index in [9.17, 15) is 9.59 Å². The van der Waals surface area contributed by atoms with Crippen molar-refractivity contribution in [2.45, 2.75) is 20.8 Å². The molecule has 0 saturated carbocycles. The van der Waals surface area contributed by atoms with Crippen LogP contribution in [0.1, 0.15) is 22.3 Å². The number of rotatable bonds is 3. The zero-order chi connectivity index (χ0) is 19.7. The van der Waals surface area contributed by atoms with Gasteiger partial charge in [-0.05, 0) is 79.5 Å². The van der Waals surface area contributed by atoms with Gasteiger partial charge in [-0.3, -0.25) is 19.8 Å². The Morgan fingerprint density at radius 2 is 1.70 bits per heavy atom. The Balaban J connectivity index is 2.04. The molecule has 1 fully saturated rings. The van der Waals surface area contributed by atoms with E-state index in [1.807, 2.05) is 51.1 Å². The molecule has 1 aliphatic heterocycles. The number of nitrogens with zero attached hydrogens (tertiary/aromatic N) is 1. The fourth-order valence-electron chi connectivity index (χ4n) is 3.06. The number of carbonyl (C=O) groups is 2. The number of thiocarbonyl (C=S) groups is 1. The SMILES string of the molecule is COc1cc(/C=C2\C(=O)NC(=S)N(c3cc(C)cc(C)c3)C2=O)ccc1C. The van der Waals surface area contributed by atoms with Gasteiger partial charge in [-0.2, -0.15) is 0 Å². The number of benzene rings is 2. The van der Waals surface area contributed by atoms with Crippen molar-refractivity contribution in [3.63, 3.8) is 0 Å². The zero-order valence-electron chi connectivity index (χ0n) is 15.6. The molecule has 0 spiro atoms. The molecule has 2 amide bonds. The van der Waals surface area contributed by atoms with Gasteiger partial charge in [0.2, 0.25) is 0 Å². The van der Waals surface area contributed by atoms with Gasteiger partial charge in [0.15, 0.2) is 5.11 Å². The molecule has 2 aromatic carbocycles. The second-order valence-corrected chi connectivity index (χ2v) is 6.92. The van der Waals surface area contributed by atoms with Crippen molar-refractivity contribution in [3.8, 4) is 5.75 Å². The number of hydrogen-bond acceptors (Lipinski definition) is 4. The van der Waals surface area contributed by atoms with Crippen LogP contribution in [0.15, 0.2) is 42.0 Å². The third-order valence-electron chi connectivity index (χ3n) is 4.31. The number of aryl methyl sites for hydroxylation is 3. The van der Waals surface area contributed by atoms with Gasteiger partial charge in [0.1, 0.15) is 11.3 Å². The van der Waals surface area contributed by atoms with Crippen LogP contribution < -0.4 is 15.0 Å². The second-order valence-electron chi connectivity index (χ2n) is 6.53. The molecule has 0 radical (unpaired) electrons. The molecule has 0 aromatic heterocycles. The summed E-state index contributed by atoms with van der Waals surface area (Å²) >= 11 is 5.25. The Bertz CT molecular complexity index is 975. The van der Waals surface area contributed by atoms with Crippen molar-refractivity contribution in [2.24, 2.45) is 0 Å². The van der Waals surface area contributed by atoms with Crippen LogP contribution in [0.5, 0.6) is 5.75 Å². The van der Waals surface area contributed by atoms with E-state index in [2.05, 4.69) is 5.32 Å². The normalized spacial score (nSPS) is 15.9. The standard InChI is InChI=1S/C21H20N2O3S/c1-12-7-13(2)9-16(8-12)23-20(25)17(19(24)22-21(23)27)10-15-6-5-14(3)18(11-15)26-4/h5-11H,1-4H3,(H,22,24,27)/b17-10+. The summed E-state index contributed by atoms with van der Waals surface area (Å²) in [6, 6.07) is 11.2. The smallest absolute Gasteiger partial charge is 0.270 e. The van der Waals surface area contributed by atoms with E-state index in [-0.39, 0.29) is 10.7 Å². The van der Waals surface area contributed by atoms with Crippen LogP contribution in [0, 0.1) is 20.8 Å². The highest BCUT2D eigenvalue weighted by Gasteiger charge is 2.34. The Kier molecular flexibility index (Phi) is 5.10. The average molecular weight is 380 g/mol. The average Bonchev–Trinajstić information content (AvgIpc) is 2.59. The monoisotopic (exact) mass is 380 g/mol. The van der Waals surface area contributed by atoms with Crippen LogP contribution in [-0.4, -0.2) is 24.0 Å². The minimum Gasteiger partial charge on any atom is -0.496 e. The largest absolute Gasteiger partial charge is 0.496 e. The molecule has 0 atom stereocenters. The number of amides is 2. The number of carbonyl (C=O) groups excluding carboxylic acids is 2. The quantitative estimate of drug-likeness (QED) is 0.503. The van der Waals surface area contributed by atoms with Crippen molar-refractivity contribution < 1.29 is 14.3 Å². The zero-order valence-corrected chi connectivity index (χ0v) is 16.4. The van der Waals surface area contributed by atoms with Crippen molar-refractivity contribution in [2.75, 3.05) is 12.0 Å². The number of hydrogen-bond donors (Lipinski definition) is 1. The molecule has 5 nitrogen and oxygen atoms in total. The lowest BCUT2D eigenvalue weighted by Crippen LogP contribution is -2.54. The molecule has 0 bridgehead atoms. The molecule has 2 aromatic rings.